The molecule has 0 saturated carbocycles. The maximum absolute atomic E-state index is 4.58. The van der Waals surface area contributed by atoms with Gasteiger partial charge in [0, 0.05) is 24.2 Å². The molecule has 0 bridgehead atoms. The summed E-state index contributed by atoms with van der Waals surface area (Å²) < 4.78 is 1.25. The SMILES string of the molecule is CCc1nc(CNC(C)c2cnc3ccsc3c2)cs1. The van der Waals surface area contributed by atoms with Gasteiger partial charge in [-0.1, -0.05) is 6.92 Å². The summed E-state index contributed by atoms with van der Waals surface area (Å²) in [5, 5.41) is 8.95. The molecule has 20 heavy (non-hydrogen) atoms. The van der Waals surface area contributed by atoms with Gasteiger partial charge in [-0.15, -0.1) is 22.7 Å². The van der Waals surface area contributed by atoms with Crippen molar-refractivity contribution < 1.29 is 0 Å². The Hall–Kier alpha value is -1.30. The number of pyridine rings is 1. The predicted octanol–water partition coefficient (Wildman–Crippen LogP) is 4.17. The first-order valence-electron chi connectivity index (χ1n) is 6.76. The number of hydrogen-bond donors (Lipinski definition) is 1. The van der Waals surface area contributed by atoms with E-state index in [-0.39, 0.29) is 6.04 Å². The molecule has 0 aliphatic carbocycles. The van der Waals surface area contributed by atoms with Crippen molar-refractivity contribution in [3.05, 3.63) is 45.4 Å². The molecular weight excluding hydrogens is 286 g/mol. The predicted molar refractivity (Wildman–Crippen MR) is 86.4 cm³/mol. The number of fused-ring (bicyclic) bond motifs is 1. The third-order valence-electron chi connectivity index (χ3n) is 3.31. The second-order valence-electron chi connectivity index (χ2n) is 4.76. The van der Waals surface area contributed by atoms with E-state index in [2.05, 4.69) is 52.0 Å². The maximum atomic E-state index is 4.58. The Kier molecular flexibility index (Phi) is 4.10. The molecule has 1 atom stereocenters. The van der Waals surface area contributed by atoms with Crippen LogP contribution in [0.4, 0.5) is 0 Å². The van der Waals surface area contributed by atoms with Crippen LogP contribution in [0.3, 0.4) is 0 Å². The molecule has 0 saturated heterocycles. The van der Waals surface area contributed by atoms with Crippen molar-refractivity contribution in [3.8, 4) is 0 Å². The summed E-state index contributed by atoms with van der Waals surface area (Å²) in [4.78, 5) is 9.07. The zero-order valence-electron chi connectivity index (χ0n) is 11.6. The third-order valence-corrected chi connectivity index (χ3v) is 5.21. The number of nitrogens with zero attached hydrogens (tertiary/aromatic N) is 2. The van der Waals surface area contributed by atoms with E-state index in [0.717, 1.165) is 24.2 Å². The molecule has 3 heterocycles. The third kappa shape index (κ3) is 2.90. The lowest BCUT2D eigenvalue weighted by Gasteiger charge is -2.13. The summed E-state index contributed by atoms with van der Waals surface area (Å²) in [5.41, 5.74) is 3.44. The molecule has 0 amide bonds. The molecule has 3 rings (SSSR count). The van der Waals surface area contributed by atoms with Crippen LogP contribution in [0.2, 0.25) is 0 Å². The van der Waals surface area contributed by atoms with Crippen LogP contribution in [0.5, 0.6) is 0 Å². The number of nitrogens with one attached hydrogen (secondary N) is 1. The van der Waals surface area contributed by atoms with Crippen LogP contribution in [-0.2, 0) is 13.0 Å². The summed E-state index contributed by atoms with van der Waals surface area (Å²) >= 11 is 3.48. The molecule has 0 fully saturated rings. The van der Waals surface area contributed by atoms with Crippen molar-refractivity contribution in [2.24, 2.45) is 0 Å². The topological polar surface area (TPSA) is 37.8 Å². The number of thiazole rings is 1. The van der Waals surface area contributed by atoms with Crippen molar-refractivity contribution in [2.45, 2.75) is 32.9 Å². The molecule has 0 aromatic carbocycles. The quantitative estimate of drug-likeness (QED) is 0.769. The highest BCUT2D eigenvalue weighted by Gasteiger charge is 2.08. The van der Waals surface area contributed by atoms with E-state index in [1.807, 2.05) is 6.20 Å². The smallest absolute Gasteiger partial charge is 0.0926 e. The number of aromatic nitrogens is 2. The highest BCUT2D eigenvalue weighted by Crippen LogP contribution is 2.22. The Labute approximate surface area is 126 Å². The van der Waals surface area contributed by atoms with Gasteiger partial charge in [-0.25, -0.2) is 4.98 Å². The van der Waals surface area contributed by atoms with Crippen molar-refractivity contribution in [2.75, 3.05) is 0 Å². The minimum absolute atomic E-state index is 0.278. The van der Waals surface area contributed by atoms with Gasteiger partial charge < -0.3 is 5.32 Å². The maximum Gasteiger partial charge on any atom is 0.0926 e. The average molecular weight is 303 g/mol. The lowest BCUT2D eigenvalue weighted by atomic mass is 10.1. The van der Waals surface area contributed by atoms with E-state index in [0.29, 0.717) is 0 Å². The van der Waals surface area contributed by atoms with E-state index in [1.165, 1.54) is 15.3 Å². The molecule has 1 unspecified atom stereocenters. The molecule has 104 valence electrons. The summed E-state index contributed by atoms with van der Waals surface area (Å²) in [5.74, 6) is 0. The van der Waals surface area contributed by atoms with Gasteiger partial charge in [0.05, 0.1) is 20.9 Å². The lowest BCUT2D eigenvalue weighted by molar-refractivity contribution is 0.568. The number of rotatable bonds is 5. The van der Waals surface area contributed by atoms with Crippen LogP contribution in [0.15, 0.2) is 29.1 Å². The molecule has 3 nitrogen and oxygen atoms in total. The van der Waals surface area contributed by atoms with Gasteiger partial charge in [-0.05, 0) is 36.4 Å². The number of aryl methyl sites for hydroxylation is 1. The monoisotopic (exact) mass is 303 g/mol. The molecule has 1 N–H and O–H groups in total. The van der Waals surface area contributed by atoms with Gasteiger partial charge in [0.25, 0.3) is 0 Å². The molecule has 3 aromatic rings. The Balaban J connectivity index is 1.67. The molecule has 0 aliphatic rings. The van der Waals surface area contributed by atoms with Gasteiger partial charge in [0.1, 0.15) is 0 Å². The summed E-state index contributed by atoms with van der Waals surface area (Å²) in [6, 6.07) is 4.56. The minimum Gasteiger partial charge on any atom is -0.304 e. The van der Waals surface area contributed by atoms with Crippen LogP contribution in [0.25, 0.3) is 10.2 Å². The zero-order chi connectivity index (χ0) is 13.9. The number of hydrogen-bond acceptors (Lipinski definition) is 5. The van der Waals surface area contributed by atoms with E-state index < -0.39 is 0 Å². The number of thiophene rings is 1. The summed E-state index contributed by atoms with van der Waals surface area (Å²) in [6.45, 7) is 5.12. The van der Waals surface area contributed by atoms with E-state index in [1.54, 1.807) is 22.7 Å². The van der Waals surface area contributed by atoms with E-state index in [4.69, 9.17) is 0 Å². The highest BCUT2D eigenvalue weighted by atomic mass is 32.1. The highest BCUT2D eigenvalue weighted by molar-refractivity contribution is 7.17. The van der Waals surface area contributed by atoms with E-state index >= 15 is 0 Å². The Morgan fingerprint density at radius 1 is 1.35 bits per heavy atom. The first-order chi connectivity index (χ1) is 9.76. The van der Waals surface area contributed by atoms with Crippen LogP contribution < -0.4 is 5.32 Å². The fourth-order valence-corrected chi connectivity index (χ4v) is 3.60. The van der Waals surface area contributed by atoms with Crippen LogP contribution in [0, 0.1) is 0 Å². The average Bonchev–Trinajstić information content (AvgIpc) is 3.12. The fourth-order valence-electron chi connectivity index (χ4n) is 2.07. The Morgan fingerprint density at radius 2 is 2.25 bits per heavy atom. The van der Waals surface area contributed by atoms with Crippen molar-refractivity contribution >= 4 is 32.9 Å². The second kappa shape index (κ2) is 5.99. The largest absolute Gasteiger partial charge is 0.304 e. The van der Waals surface area contributed by atoms with Crippen LogP contribution in [-0.4, -0.2) is 9.97 Å². The fraction of sp³-hybridized carbons (Fsp3) is 0.333. The van der Waals surface area contributed by atoms with Crippen LogP contribution >= 0.6 is 22.7 Å². The Morgan fingerprint density at radius 3 is 3.05 bits per heavy atom. The minimum atomic E-state index is 0.278. The second-order valence-corrected chi connectivity index (χ2v) is 6.65. The van der Waals surface area contributed by atoms with Gasteiger partial charge >= 0.3 is 0 Å². The molecular formula is C15H17N3S2. The first-order valence-corrected chi connectivity index (χ1v) is 8.52. The van der Waals surface area contributed by atoms with Gasteiger partial charge in [-0.3, -0.25) is 4.98 Å². The molecule has 0 aliphatic heterocycles. The van der Waals surface area contributed by atoms with Crippen molar-refractivity contribution in [1.29, 1.82) is 0 Å². The summed E-state index contributed by atoms with van der Waals surface area (Å²) in [6.07, 6.45) is 2.98. The first kappa shape index (κ1) is 13.7. The normalized spacial score (nSPS) is 12.9. The van der Waals surface area contributed by atoms with Crippen molar-refractivity contribution in [1.82, 2.24) is 15.3 Å². The van der Waals surface area contributed by atoms with Crippen molar-refractivity contribution in [3.63, 3.8) is 0 Å². The van der Waals surface area contributed by atoms with Gasteiger partial charge in [0.15, 0.2) is 0 Å². The molecule has 0 spiro atoms. The molecule has 0 radical (unpaired) electrons. The molecule has 3 aromatic heterocycles. The van der Waals surface area contributed by atoms with Gasteiger partial charge in [-0.2, -0.15) is 0 Å². The van der Waals surface area contributed by atoms with Gasteiger partial charge in [0.2, 0.25) is 0 Å². The standard InChI is InChI=1S/C15H17N3S2/c1-3-15-18-12(9-20-15)8-16-10(2)11-6-14-13(17-7-11)4-5-19-14/h4-7,9-10,16H,3,8H2,1-2H3. The summed E-state index contributed by atoms with van der Waals surface area (Å²) in [7, 11) is 0. The van der Waals surface area contributed by atoms with E-state index in [9.17, 15) is 0 Å². The molecule has 5 heteroatoms. The van der Waals surface area contributed by atoms with Crippen LogP contribution in [0.1, 0.15) is 36.2 Å². The zero-order valence-corrected chi connectivity index (χ0v) is 13.2. The lowest BCUT2D eigenvalue weighted by Crippen LogP contribution is -2.18. The Bertz CT molecular complexity index is 702.